The molecule has 0 amide bonds. The minimum atomic E-state index is -0.717. The number of hydrogen-bond acceptors (Lipinski definition) is 2. The van der Waals surface area contributed by atoms with Crippen molar-refractivity contribution in [3.05, 3.63) is 57.3 Å². The average molecular weight is 346 g/mol. The van der Waals surface area contributed by atoms with Gasteiger partial charge in [0.1, 0.15) is 5.75 Å². The monoisotopic (exact) mass is 344 g/mol. The highest BCUT2D eigenvalue weighted by molar-refractivity contribution is 9.10. The van der Waals surface area contributed by atoms with Gasteiger partial charge in [-0.1, -0.05) is 17.7 Å². The predicted molar refractivity (Wildman–Crippen MR) is 76.3 cm³/mol. The third kappa shape index (κ3) is 3.47. The van der Waals surface area contributed by atoms with Crippen molar-refractivity contribution in [1.29, 1.82) is 0 Å². The van der Waals surface area contributed by atoms with E-state index in [0.717, 1.165) is 0 Å². The second-order valence-electron chi connectivity index (χ2n) is 4.04. The number of aliphatic hydroxyl groups is 1. The first kappa shape index (κ1) is 14.3. The second kappa shape index (κ2) is 5.90. The fraction of sp³-hybridized carbons (Fsp3) is 0.143. The molecule has 0 aromatic heterocycles. The van der Waals surface area contributed by atoms with Crippen LogP contribution < -0.4 is 4.74 Å². The molecule has 0 bridgehead atoms. The summed E-state index contributed by atoms with van der Waals surface area (Å²) in [6.45, 7) is 1.57. The van der Waals surface area contributed by atoms with Gasteiger partial charge in [0, 0.05) is 5.02 Å². The molecule has 5 heteroatoms. The van der Waals surface area contributed by atoms with E-state index in [2.05, 4.69) is 15.9 Å². The summed E-state index contributed by atoms with van der Waals surface area (Å²) in [5.41, 5.74) is 0.500. The Morgan fingerprint density at radius 3 is 2.47 bits per heavy atom. The fourth-order valence-electron chi connectivity index (χ4n) is 1.54. The van der Waals surface area contributed by atoms with E-state index < -0.39 is 11.9 Å². The summed E-state index contributed by atoms with van der Waals surface area (Å²) in [6.07, 6.45) is -0.717. The van der Waals surface area contributed by atoms with Crippen LogP contribution in [0.3, 0.4) is 0 Å². The lowest BCUT2D eigenvalue weighted by Crippen LogP contribution is -1.95. The van der Waals surface area contributed by atoms with Crippen molar-refractivity contribution in [2.75, 3.05) is 0 Å². The predicted octanol–water partition coefficient (Wildman–Crippen LogP) is 5.09. The topological polar surface area (TPSA) is 29.5 Å². The van der Waals surface area contributed by atoms with Crippen LogP contribution in [0.25, 0.3) is 0 Å². The van der Waals surface area contributed by atoms with Gasteiger partial charge in [0.15, 0.2) is 11.6 Å². The quantitative estimate of drug-likeness (QED) is 0.840. The van der Waals surface area contributed by atoms with Gasteiger partial charge in [-0.05, 0) is 58.7 Å². The molecule has 0 aliphatic heterocycles. The highest BCUT2D eigenvalue weighted by Gasteiger charge is 2.10. The molecule has 0 saturated heterocycles. The Balaban J connectivity index is 2.28. The van der Waals surface area contributed by atoms with E-state index in [0.29, 0.717) is 20.8 Å². The van der Waals surface area contributed by atoms with Crippen LogP contribution in [0.5, 0.6) is 11.5 Å². The average Bonchev–Trinajstić information content (AvgIpc) is 2.34. The summed E-state index contributed by atoms with van der Waals surface area (Å²) >= 11 is 9.11. The van der Waals surface area contributed by atoms with Gasteiger partial charge in [-0.2, -0.15) is 0 Å². The van der Waals surface area contributed by atoms with Gasteiger partial charge in [0.05, 0.1) is 10.6 Å². The van der Waals surface area contributed by atoms with Crippen LogP contribution in [0.4, 0.5) is 4.39 Å². The highest BCUT2D eigenvalue weighted by atomic mass is 79.9. The Morgan fingerprint density at radius 2 is 1.89 bits per heavy atom. The molecule has 0 unspecified atom stereocenters. The molecule has 19 heavy (non-hydrogen) atoms. The van der Waals surface area contributed by atoms with E-state index in [1.165, 1.54) is 12.1 Å². The zero-order valence-corrected chi connectivity index (χ0v) is 12.4. The van der Waals surface area contributed by atoms with Gasteiger partial charge in [-0.25, -0.2) is 4.39 Å². The molecule has 0 spiro atoms. The Labute approximate surface area is 123 Å². The van der Waals surface area contributed by atoms with Crippen molar-refractivity contribution in [3.63, 3.8) is 0 Å². The number of benzene rings is 2. The molecule has 1 N–H and O–H groups in total. The van der Waals surface area contributed by atoms with Crippen LogP contribution in [0.15, 0.2) is 40.9 Å². The number of hydrogen-bond donors (Lipinski definition) is 1. The summed E-state index contributed by atoms with van der Waals surface area (Å²) in [7, 11) is 0. The summed E-state index contributed by atoms with van der Waals surface area (Å²) in [5, 5.41) is 9.93. The Kier molecular flexibility index (Phi) is 4.45. The lowest BCUT2D eigenvalue weighted by atomic mass is 10.1. The molecule has 0 saturated carbocycles. The third-order valence-electron chi connectivity index (χ3n) is 2.55. The van der Waals surface area contributed by atoms with Gasteiger partial charge in [-0.3, -0.25) is 0 Å². The van der Waals surface area contributed by atoms with Crippen LogP contribution in [-0.2, 0) is 0 Å². The normalized spacial score (nSPS) is 12.3. The van der Waals surface area contributed by atoms with Crippen molar-refractivity contribution in [1.82, 2.24) is 0 Å². The Bertz CT molecular complexity index is 602. The van der Waals surface area contributed by atoms with Crippen LogP contribution in [0.2, 0.25) is 5.02 Å². The van der Waals surface area contributed by atoms with Crippen LogP contribution in [0, 0.1) is 5.82 Å². The maximum atomic E-state index is 13.8. The fourth-order valence-corrected chi connectivity index (χ4v) is 2.30. The lowest BCUT2D eigenvalue weighted by Gasteiger charge is -2.11. The van der Waals surface area contributed by atoms with Gasteiger partial charge in [0.2, 0.25) is 0 Å². The maximum absolute atomic E-state index is 13.8. The van der Waals surface area contributed by atoms with Gasteiger partial charge in [0.25, 0.3) is 0 Å². The molecule has 2 aromatic carbocycles. The summed E-state index contributed by atoms with van der Waals surface area (Å²) < 4.78 is 19.9. The van der Waals surface area contributed by atoms with E-state index in [1.54, 1.807) is 31.2 Å². The third-order valence-corrected chi connectivity index (χ3v) is 3.41. The minimum absolute atomic E-state index is 0.0902. The molecule has 2 nitrogen and oxygen atoms in total. The standard InChI is InChI=1S/C14H11BrClFO2/c1-8(18)9-2-4-14(12(17)6-9)19-13-5-3-10(16)7-11(13)15/h2-8,18H,1H3/t8-/m0/s1. The van der Waals surface area contributed by atoms with Crippen molar-refractivity contribution in [3.8, 4) is 11.5 Å². The van der Waals surface area contributed by atoms with Gasteiger partial charge >= 0.3 is 0 Å². The van der Waals surface area contributed by atoms with Crippen LogP contribution in [0.1, 0.15) is 18.6 Å². The Morgan fingerprint density at radius 1 is 1.21 bits per heavy atom. The SMILES string of the molecule is C[C@H](O)c1ccc(Oc2ccc(Cl)cc2Br)c(F)c1. The molecule has 2 aromatic rings. The first-order valence-electron chi connectivity index (χ1n) is 5.58. The molecule has 0 fully saturated rings. The molecule has 100 valence electrons. The van der Waals surface area contributed by atoms with Gasteiger partial charge < -0.3 is 9.84 Å². The molecule has 0 heterocycles. The van der Waals surface area contributed by atoms with E-state index in [-0.39, 0.29) is 5.75 Å². The smallest absolute Gasteiger partial charge is 0.166 e. The zero-order chi connectivity index (χ0) is 14.0. The zero-order valence-electron chi connectivity index (χ0n) is 10.0. The first-order valence-corrected chi connectivity index (χ1v) is 6.75. The number of rotatable bonds is 3. The van der Waals surface area contributed by atoms with Crippen molar-refractivity contribution in [2.45, 2.75) is 13.0 Å². The Hall–Kier alpha value is -1.10. The number of halogens is 3. The minimum Gasteiger partial charge on any atom is -0.453 e. The molecule has 0 radical (unpaired) electrons. The first-order chi connectivity index (χ1) is 8.97. The maximum Gasteiger partial charge on any atom is 0.166 e. The van der Waals surface area contributed by atoms with Crippen LogP contribution in [-0.4, -0.2) is 5.11 Å². The highest BCUT2D eigenvalue weighted by Crippen LogP contribution is 2.33. The molecular weight excluding hydrogens is 335 g/mol. The summed E-state index contributed by atoms with van der Waals surface area (Å²) in [5.74, 6) is 0.0285. The van der Waals surface area contributed by atoms with E-state index in [4.69, 9.17) is 16.3 Å². The molecule has 1 atom stereocenters. The molecule has 0 aliphatic carbocycles. The molecule has 0 aliphatic rings. The van der Waals surface area contributed by atoms with E-state index in [1.807, 2.05) is 0 Å². The molecular formula is C14H11BrClFO2. The lowest BCUT2D eigenvalue weighted by molar-refractivity contribution is 0.198. The van der Waals surface area contributed by atoms with Crippen molar-refractivity contribution >= 4 is 27.5 Å². The number of aliphatic hydroxyl groups excluding tert-OH is 1. The second-order valence-corrected chi connectivity index (χ2v) is 5.33. The van der Waals surface area contributed by atoms with E-state index >= 15 is 0 Å². The van der Waals surface area contributed by atoms with Crippen LogP contribution >= 0.6 is 27.5 Å². The molecule has 2 rings (SSSR count). The van der Waals surface area contributed by atoms with Crippen molar-refractivity contribution < 1.29 is 14.2 Å². The summed E-state index contributed by atoms with van der Waals surface area (Å²) in [4.78, 5) is 0. The number of ether oxygens (including phenoxy) is 1. The van der Waals surface area contributed by atoms with Gasteiger partial charge in [-0.15, -0.1) is 0 Å². The summed E-state index contributed by atoms with van der Waals surface area (Å²) in [6, 6.07) is 9.33. The largest absolute Gasteiger partial charge is 0.453 e. The van der Waals surface area contributed by atoms with Crippen molar-refractivity contribution in [2.24, 2.45) is 0 Å². The van der Waals surface area contributed by atoms with E-state index in [9.17, 15) is 9.50 Å².